The SMILES string of the molecule is Cc1[n-]n(-c2cc(Cl)ccc2Cl)c(=O)c1N=Nc1cc(S(N)(=O)=O)ccc1[O-].Cc1[n-]n(-c2cc(Cl)ccc2Cl)c(=O)c1N=Nc1cc(S(N)(=O)=O)ccc1[O-].[Cr+3].[Na+]. The molecule has 6 aromatic rings. The third-order valence-electron chi connectivity index (χ3n) is 7.28. The van der Waals surface area contributed by atoms with E-state index in [9.17, 15) is 36.6 Å². The molecule has 0 bridgehead atoms. The zero-order valence-corrected chi connectivity index (χ0v) is 37.6. The summed E-state index contributed by atoms with van der Waals surface area (Å²) in [6.07, 6.45) is 0. The minimum Gasteiger partial charge on any atom is -0.871 e. The average molecular weight is 956 g/mol. The molecule has 0 unspecified atom stereocenters. The van der Waals surface area contributed by atoms with E-state index in [2.05, 4.69) is 30.7 Å². The standard InChI is InChI=1S/2C16H13Cl2N5O4S.Cr.Na/c2*1-8-15(16(25)23(22-8)13-6-9(17)2-4-11(13)18)21-20-12-7-10(28(19,26)27)3-5-14(12)24;;/h2*2-7H,1H3,(H4,19,20,21,22,24,25,26,27);;/q;;+3;+1/p-4. The zero-order chi connectivity index (χ0) is 41.3. The first kappa shape index (κ1) is 48.6. The predicted molar refractivity (Wildman–Crippen MR) is 203 cm³/mol. The number of nitrogens with two attached hydrogens (primary N) is 2. The van der Waals surface area contributed by atoms with Crippen molar-refractivity contribution in [3.8, 4) is 22.9 Å². The first-order chi connectivity index (χ1) is 26.1. The topological polar surface area (TPSA) is 288 Å². The van der Waals surface area contributed by atoms with E-state index in [1.165, 1.54) is 38.1 Å². The van der Waals surface area contributed by atoms with E-state index in [1.807, 2.05) is 0 Å². The van der Waals surface area contributed by atoms with E-state index in [0.717, 1.165) is 45.8 Å². The van der Waals surface area contributed by atoms with Gasteiger partial charge in [0.25, 0.3) is 11.1 Å². The fourth-order valence-electron chi connectivity index (χ4n) is 4.56. The summed E-state index contributed by atoms with van der Waals surface area (Å²) in [7, 11) is -8.06. The number of azo groups is 2. The second kappa shape index (κ2) is 19.5. The van der Waals surface area contributed by atoms with Crippen molar-refractivity contribution >= 4 is 89.2 Å². The van der Waals surface area contributed by atoms with Crippen LogP contribution in [0.3, 0.4) is 0 Å². The Kier molecular flexibility index (Phi) is 16.3. The van der Waals surface area contributed by atoms with Crippen molar-refractivity contribution in [3.63, 3.8) is 0 Å². The minimum atomic E-state index is -4.03. The molecule has 0 atom stereocenters. The summed E-state index contributed by atoms with van der Waals surface area (Å²) in [5.74, 6) is -1.18. The number of hydrogen-bond acceptors (Lipinski definition) is 12. The molecule has 58 heavy (non-hydrogen) atoms. The maximum atomic E-state index is 12.6. The minimum absolute atomic E-state index is 0. The van der Waals surface area contributed by atoms with E-state index in [4.69, 9.17) is 56.7 Å². The van der Waals surface area contributed by atoms with Crippen molar-refractivity contribution < 1.29 is 74.0 Å². The molecular weight excluding hydrogens is 933 g/mol. The van der Waals surface area contributed by atoms with Gasteiger partial charge in [-0.15, -0.1) is 21.6 Å². The van der Waals surface area contributed by atoms with Crippen LogP contribution in [0.2, 0.25) is 20.1 Å². The van der Waals surface area contributed by atoms with E-state index in [1.54, 1.807) is 12.1 Å². The van der Waals surface area contributed by atoms with Crippen LogP contribution in [0.1, 0.15) is 11.4 Å². The van der Waals surface area contributed by atoms with Crippen molar-refractivity contribution in [1.29, 1.82) is 0 Å². The van der Waals surface area contributed by atoms with Crippen molar-refractivity contribution in [1.82, 2.24) is 19.6 Å². The van der Waals surface area contributed by atoms with Gasteiger partial charge in [0.1, 0.15) is 11.4 Å². The largest absolute Gasteiger partial charge is 3.00 e. The monoisotopic (exact) mass is 953 g/mol. The fourth-order valence-corrected chi connectivity index (χ4v) is 6.36. The first-order valence-corrected chi connectivity index (χ1v) is 19.7. The summed E-state index contributed by atoms with van der Waals surface area (Å²) in [6, 6.07) is 15.1. The van der Waals surface area contributed by atoms with Gasteiger partial charge in [0.2, 0.25) is 20.0 Å². The molecule has 2 aromatic heterocycles. The molecule has 4 N–H and O–H groups in total. The summed E-state index contributed by atoms with van der Waals surface area (Å²) in [4.78, 5) is 24.7. The van der Waals surface area contributed by atoms with Crippen LogP contribution in [-0.4, -0.2) is 26.2 Å². The predicted octanol–water partition coefficient (Wildman–Crippen LogP) is 2.09. The van der Waals surface area contributed by atoms with Crippen LogP contribution < -0.4 is 71.4 Å². The molecule has 4 aromatic carbocycles. The number of benzene rings is 4. The van der Waals surface area contributed by atoms with Crippen LogP contribution in [0, 0.1) is 13.8 Å². The van der Waals surface area contributed by atoms with Gasteiger partial charge in [-0.2, -0.15) is 10.2 Å². The Balaban J connectivity index is 0.000000300. The van der Waals surface area contributed by atoms with Gasteiger partial charge >= 0.3 is 46.9 Å². The van der Waals surface area contributed by atoms with E-state index in [0.29, 0.717) is 10.0 Å². The van der Waals surface area contributed by atoms with Crippen molar-refractivity contribution in [3.05, 3.63) is 125 Å². The Morgan fingerprint density at radius 1 is 0.586 bits per heavy atom. The average Bonchev–Trinajstić information content (AvgIpc) is 3.56. The van der Waals surface area contributed by atoms with Crippen LogP contribution >= 0.6 is 46.4 Å². The summed E-state index contributed by atoms with van der Waals surface area (Å²) in [6.45, 7) is 3.03. The van der Waals surface area contributed by atoms with E-state index >= 15 is 0 Å². The molecule has 0 aliphatic rings. The normalized spacial score (nSPS) is 11.6. The van der Waals surface area contributed by atoms with Crippen molar-refractivity contribution in [2.45, 2.75) is 23.6 Å². The molecule has 2 heterocycles. The maximum Gasteiger partial charge on any atom is 3.00 e. The molecule has 26 heteroatoms. The van der Waals surface area contributed by atoms with Crippen LogP contribution in [0.4, 0.5) is 22.7 Å². The van der Waals surface area contributed by atoms with Gasteiger partial charge in [0.15, 0.2) is 0 Å². The summed E-state index contributed by atoms with van der Waals surface area (Å²) in [5.41, 5.74) is -1.19. The van der Waals surface area contributed by atoms with Gasteiger partial charge in [-0.05, 0) is 60.7 Å². The van der Waals surface area contributed by atoms with Gasteiger partial charge in [0.05, 0.1) is 42.6 Å². The summed E-state index contributed by atoms with van der Waals surface area (Å²) < 4.78 is 47.7. The number of aromatic nitrogens is 4. The van der Waals surface area contributed by atoms with Gasteiger partial charge in [0, 0.05) is 10.0 Å². The Morgan fingerprint density at radius 2 is 0.931 bits per heavy atom. The Morgan fingerprint density at radius 3 is 1.26 bits per heavy atom. The first-order valence-electron chi connectivity index (χ1n) is 15.1. The van der Waals surface area contributed by atoms with Crippen LogP contribution in [0.15, 0.2) is 113 Å². The Bertz CT molecular complexity index is 2740. The van der Waals surface area contributed by atoms with Crippen molar-refractivity contribution in [2.24, 2.45) is 30.7 Å². The summed E-state index contributed by atoms with van der Waals surface area (Å²) >= 11 is 24.1. The number of nitrogens with zero attached hydrogens (tertiary/aromatic N) is 8. The molecule has 0 spiro atoms. The molecule has 18 nitrogen and oxygen atoms in total. The number of primary sulfonamides is 2. The molecule has 0 saturated heterocycles. The number of sulfonamides is 2. The van der Waals surface area contributed by atoms with Gasteiger partial charge in [-0.25, -0.2) is 27.1 Å². The molecule has 0 fully saturated rings. The van der Waals surface area contributed by atoms with Crippen LogP contribution in [-0.2, 0) is 37.4 Å². The third-order valence-corrected chi connectivity index (χ3v) is 10.2. The van der Waals surface area contributed by atoms with Crippen LogP contribution in [0.25, 0.3) is 11.4 Å². The molecule has 0 aliphatic heterocycles. The van der Waals surface area contributed by atoms with Crippen LogP contribution in [0.5, 0.6) is 11.5 Å². The number of hydrogen-bond donors (Lipinski definition) is 2. The second-order valence-corrected chi connectivity index (χ2v) is 16.1. The molecule has 6 rings (SSSR count). The van der Waals surface area contributed by atoms with Gasteiger partial charge < -0.3 is 29.8 Å². The number of rotatable bonds is 8. The second-order valence-electron chi connectivity index (χ2n) is 11.2. The quantitative estimate of drug-likeness (QED) is 0.165. The van der Waals surface area contributed by atoms with E-state index in [-0.39, 0.29) is 112 Å². The third kappa shape index (κ3) is 11.3. The van der Waals surface area contributed by atoms with Crippen molar-refractivity contribution in [2.75, 3.05) is 0 Å². The molecule has 1 radical (unpaired) electrons. The Labute approximate surface area is 381 Å². The number of halogens is 4. The molecule has 0 aliphatic carbocycles. The molecule has 295 valence electrons. The molecule has 0 saturated carbocycles. The smallest absolute Gasteiger partial charge is 0.871 e. The molecule has 0 amide bonds. The summed E-state index contributed by atoms with van der Waals surface area (Å²) in [5, 5.41) is 58.1. The fraction of sp³-hybridized carbons (Fsp3) is 0.0625. The maximum absolute atomic E-state index is 12.6. The van der Waals surface area contributed by atoms with E-state index < -0.39 is 42.7 Å². The number of aryl methyl sites for hydroxylation is 2. The van der Waals surface area contributed by atoms with Gasteiger partial charge in [-0.3, -0.25) is 9.59 Å². The molecular formula is C32H22Cl4CrN10NaO8S2. The van der Waals surface area contributed by atoms with Gasteiger partial charge in [-0.1, -0.05) is 83.9 Å². The Hall–Kier alpha value is -3.79. The zero-order valence-electron chi connectivity index (χ0n) is 29.7.